The van der Waals surface area contributed by atoms with Gasteiger partial charge in [0, 0.05) is 50.6 Å². The van der Waals surface area contributed by atoms with E-state index >= 15 is 0 Å². The molecule has 7 rings (SSSR count). The normalized spacial score (nSPS) is 28.5. The van der Waals surface area contributed by atoms with Gasteiger partial charge in [-0.15, -0.1) is 0 Å². The molecule has 3 fully saturated rings. The van der Waals surface area contributed by atoms with E-state index in [1.807, 2.05) is 17.9 Å². The van der Waals surface area contributed by atoms with Crippen LogP contribution in [0.1, 0.15) is 93.6 Å². The maximum atomic E-state index is 11.7. The van der Waals surface area contributed by atoms with E-state index in [-0.39, 0.29) is 23.4 Å². The fourth-order valence-corrected chi connectivity index (χ4v) is 9.07. The number of piperidine rings is 1. The van der Waals surface area contributed by atoms with Crippen LogP contribution in [-0.4, -0.2) is 68.4 Å². The third-order valence-corrected chi connectivity index (χ3v) is 12.2. The Morgan fingerprint density at radius 3 is 2.60 bits per heavy atom. The summed E-state index contributed by atoms with van der Waals surface area (Å²) in [5.41, 5.74) is 4.97. The van der Waals surface area contributed by atoms with Crippen LogP contribution in [0, 0.1) is 23.7 Å². The van der Waals surface area contributed by atoms with Gasteiger partial charge in [0.25, 0.3) is 0 Å². The quantitative estimate of drug-likeness (QED) is 0.254. The molecule has 2 N–H and O–H groups in total. The van der Waals surface area contributed by atoms with Gasteiger partial charge in [0.1, 0.15) is 5.82 Å². The highest BCUT2D eigenvalue weighted by molar-refractivity contribution is 5.70. The van der Waals surface area contributed by atoms with Crippen molar-refractivity contribution in [2.45, 2.75) is 95.6 Å². The van der Waals surface area contributed by atoms with E-state index in [0.29, 0.717) is 5.92 Å². The van der Waals surface area contributed by atoms with Crippen molar-refractivity contribution < 1.29 is 9.90 Å². The van der Waals surface area contributed by atoms with Gasteiger partial charge in [-0.25, -0.2) is 4.98 Å². The topological polar surface area (TPSA) is 99.4 Å². The van der Waals surface area contributed by atoms with Gasteiger partial charge in [-0.2, -0.15) is 10.1 Å². The van der Waals surface area contributed by atoms with Crippen LogP contribution < -0.4 is 10.2 Å². The van der Waals surface area contributed by atoms with Gasteiger partial charge in [-0.1, -0.05) is 44.2 Å². The summed E-state index contributed by atoms with van der Waals surface area (Å²) in [5.74, 6) is 3.14. The molecule has 0 spiro atoms. The summed E-state index contributed by atoms with van der Waals surface area (Å²) in [7, 11) is 4.15. The van der Waals surface area contributed by atoms with Crippen LogP contribution in [0.15, 0.2) is 42.7 Å². The summed E-state index contributed by atoms with van der Waals surface area (Å²) in [5, 5.41) is 18.2. The first-order valence-corrected chi connectivity index (χ1v) is 18.1. The average molecular weight is 640 g/mol. The van der Waals surface area contributed by atoms with Crippen molar-refractivity contribution in [3.63, 3.8) is 0 Å². The lowest BCUT2D eigenvalue weighted by atomic mass is 9.70. The van der Waals surface area contributed by atoms with Crippen molar-refractivity contribution in [3.8, 4) is 0 Å². The first-order valence-electron chi connectivity index (χ1n) is 18.1. The molecule has 1 aromatic carbocycles. The Balaban J connectivity index is 1.22. The van der Waals surface area contributed by atoms with E-state index in [0.717, 1.165) is 93.8 Å². The Bertz CT molecular complexity index is 1550. The molecule has 0 radical (unpaired) electrons. The van der Waals surface area contributed by atoms with Crippen LogP contribution >= 0.6 is 0 Å². The molecule has 0 amide bonds. The third-order valence-electron chi connectivity index (χ3n) is 12.2. The number of hydrogen-bond acceptors (Lipinski definition) is 7. The number of aryl methyl sites for hydroxylation is 2. The van der Waals surface area contributed by atoms with E-state index < -0.39 is 5.97 Å². The second kappa shape index (κ2) is 13.2. The van der Waals surface area contributed by atoms with E-state index in [1.165, 1.54) is 36.1 Å². The lowest BCUT2D eigenvalue weighted by Gasteiger charge is -2.39. The highest BCUT2D eigenvalue weighted by Gasteiger charge is 2.42. The summed E-state index contributed by atoms with van der Waals surface area (Å²) in [6, 6.07) is 11.3. The Hall–Kier alpha value is -3.46. The number of fused-ring (bicyclic) bond motifs is 2. The number of hydrogen-bond donors (Lipinski definition) is 2. The van der Waals surface area contributed by atoms with Crippen molar-refractivity contribution in [2.75, 3.05) is 36.9 Å². The highest BCUT2D eigenvalue weighted by atomic mass is 16.4. The third kappa shape index (κ3) is 6.78. The van der Waals surface area contributed by atoms with Gasteiger partial charge in [0.05, 0.1) is 23.9 Å². The van der Waals surface area contributed by atoms with Gasteiger partial charge >= 0.3 is 5.97 Å². The van der Waals surface area contributed by atoms with Gasteiger partial charge in [0.15, 0.2) is 0 Å². The van der Waals surface area contributed by atoms with Crippen LogP contribution in [-0.2, 0) is 30.1 Å². The predicted molar refractivity (Wildman–Crippen MR) is 186 cm³/mol. The second-order valence-corrected chi connectivity index (χ2v) is 15.4. The lowest BCUT2D eigenvalue weighted by Crippen LogP contribution is -2.41. The molecule has 47 heavy (non-hydrogen) atoms. The SMILES string of the molecule is CC[C@H](C1CCC(C(=O)O)CC1)N(C)c1nc2c(c(N[C@@H](CN3CCC4CC4C3)c3cnn(C)c3)n1)C[C@](C)(c1ccccc1)CC2. The highest BCUT2D eigenvalue weighted by Crippen LogP contribution is 2.46. The van der Waals surface area contributed by atoms with Crippen LogP contribution in [0.25, 0.3) is 0 Å². The maximum Gasteiger partial charge on any atom is 0.306 e. The fraction of sp³-hybridized carbons (Fsp3) is 0.632. The van der Waals surface area contributed by atoms with E-state index in [1.54, 1.807) is 0 Å². The molecular formula is C38H53N7O2. The first kappa shape index (κ1) is 32.1. The maximum absolute atomic E-state index is 11.7. The molecule has 2 saturated carbocycles. The summed E-state index contributed by atoms with van der Waals surface area (Å²) in [6.45, 7) is 7.92. The molecule has 3 aromatic rings. The number of carbonyl (C=O) groups is 1. The molecule has 2 aromatic heterocycles. The zero-order chi connectivity index (χ0) is 32.7. The Labute approximate surface area is 280 Å². The minimum atomic E-state index is -0.647. The molecule has 5 atom stereocenters. The summed E-state index contributed by atoms with van der Waals surface area (Å²) in [4.78, 5) is 27.3. The Morgan fingerprint density at radius 1 is 1.13 bits per heavy atom. The number of nitrogens with zero attached hydrogens (tertiary/aromatic N) is 6. The number of likely N-dealkylation sites (tertiary alicyclic amines) is 1. The minimum absolute atomic E-state index is 0.00779. The molecule has 1 saturated heterocycles. The van der Waals surface area contributed by atoms with Crippen molar-refractivity contribution >= 4 is 17.7 Å². The second-order valence-electron chi connectivity index (χ2n) is 15.4. The summed E-state index contributed by atoms with van der Waals surface area (Å²) in [6.07, 6.45) is 14.1. The summed E-state index contributed by atoms with van der Waals surface area (Å²) >= 11 is 0. The van der Waals surface area contributed by atoms with Crippen LogP contribution in [0.2, 0.25) is 0 Å². The smallest absolute Gasteiger partial charge is 0.306 e. The number of rotatable bonds is 11. The average Bonchev–Trinajstić information content (AvgIpc) is 3.73. The van der Waals surface area contributed by atoms with Crippen LogP contribution in [0.3, 0.4) is 0 Å². The molecule has 9 heteroatoms. The minimum Gasteiger partial charge on any atom is -0.481 e. The van der Waals surface area contributed by atoms with Gasteiger partial charge in [-0.05, 0) is 99.5 Å². The Morgan fingerprint density at radius 2 is 1.91 bits per heavy atom. The van der Waals surface area contributed by atoms with Crippen LogP contribution in [0.4, 0.5) is 11.8 Å². The standard InChI is InChI=1S/C38H53N7O2/c1-5-34(25-11-13-26(14-12-25)36(46)47)44(4)37-41-32-15-17-38(2,30-9-7-6-8-10-30)20-31(32)35(42-37)40-33(29-21-39-43(3)22-29)24-45-18-16-27-19-28(27)23-45/h6-10,21-22,25-28,33-34H,5,11-20,23-24H2,1-4H3,(H,46,47)(H,40,41,42)/t25?,26?,27?,28?,33-,34+,38+/m0/s1. The molecule has 2 unspecified atom stereocenters. The first-order chi connectivity index (χ1) is 22.7. The predicted octanol–water partition coefficient (Wildman–Crippen LogP) is 6.26. The number of anilines is 2. The monoisotopic (exact) mass is 639 g/mol. The molecule has 3 heterocycles. The van der Waals surface area contributed by atoms with Crippen molar-refractivity contribution in [1.29, 1.82) is 0 Å². The van der Waals surface area contributed by atoms with E-state index in [2.05, 4.69) is 77.6 Å². The molecular weight excluding hydrogens is 586 g/mol. The number of nitrogens with one attached hydrogen (secondary N) is 1. The van der Waals surface area contributed by atoms with Crippen LogP contribution in [0.5, 0.6) is 0 Å². The number of aromatic nitrogens is 4. The largest absolute Gasteiger partial charge is 0.481 e. The van der Waals surface area contributed by atoms with Gasteiger partial charge in [-0.3, -0.25) is 9.48 Å². The lowest BCUT2D eigenvalue weighted by molar-refractivity contribution is -0.143. The zero-order valence-electron chi connectivity index (χ0n) is 28.7. The van der Waals surface area contributed by atoms with Gasteiger partial charge in [0.2, 0.25) is 5.95 Å². The van der Waals surface area contributed by atoms with E-state index in [4.69, 9.17) is 9.97 Å². The molecule has 1 aliphatic heterocycles. The van der Waals surface area contributed by atoms with Crippen molar-refractivity contribution in [1.82, 2.24) is 24.6 Å². The van der Waals surface area contributed by atoms with E-state index in [9.17, 15) is 9.90 Å². The number of aliphatic carboxylic acids is 1. The number of carboxylic acid groups (broad SMARTS) is 1. The molecule has 252 valence electrons. The fourth-order valence-electron chi connectivity index (χ4n) is 9.07. The molecule has 0 bridgehead atoms. The van der Waals surface area contributed by atoms with Crippen molar-refractivity contribution in [2.24, 2.45) is 30.7 Å². The molecule has 4 aliphatic rings. The molecule has 9 nitrogen and oxygen atoms in total. The molecule has 3 aliphatic carbocycles. The van der Waals surface area contributed by atoms with Crippen molar-refractivity contribution in [3.05, 3.63) is 65.1 Å². The number of carboxylic acids is 1. The number of benzene rings is 1. The zero-order valence-corrected chi connectivity index (χ0v) is 28.7. The van der Waals surface area contributed by atoms with Gasteiger partial charge < -0.3 is 20.2 Å². The Kier molecular flexibility index (Phi) is 9.02. The summed E-state index contributed by atoms with van der Waals surface area (Å²) < 4.78 is 1.91.